The molecule has 0 bridgehead atoms. The van der Waals surface area contributed by atoms with E-state index in [1.54, 1.807) is 0 Å². The molecule has 1 aliphatic heterocycles. The van der Waals surface area contributed by atoms with Crippen molar-refractivity contribution in [1.82, 2.24) is 0 Å². The molecule has 0 aromatic heterocycles. The second-order valence-electron chi connectivity index (χ2n) is 9.33. The number of fused-ring (bicyclic) bond motifs is 2. The van der Waals surface area contributed by atoms with Gasteiger partial charge in [-0.25, -0.2) is 0 Å². The largest absolute Gasteiger partial charge is 0.453 e. The molecule has 0 spiro atoms. The van der Waals surface area contributed by atoms with Gasteiger partial charge in [-0.05, 0) is 85.0 Å². The number of para-hydroxylation sites is 3. The predicted molar refractivity (Wildman–Crippen MR) is 158 cm³/mol. The maximum atomic E-state index is 6.32. The Morgan fingerprint density at radius 3 is 1.65 bits per heavy atom. The standard InChI is InChI=1S/C33H27NO.C2H6/c1-22-11-15-25(16-12-22)27-19-28(26-17-13-23(2)14-18-26)21-29(20-27)34-30-8-4-5-9-31(30)35-32-10-6-7-24(3)33(32)34;1-2/h4-21H,1-3H3;1-2H3. The molecule has 2 nitrogen and oxygen atoms in total. The Morgan fingerprint density at radius 1 is 0.514 bits per heavy atom. The summed E-state index contributed by atoms with van der Waals surface area (Å²) in [7, 11) is 0. The first-order chi connectivity index (χ1) is 18.1. The van der Waals surface area contributed by atoms with E-state index in [9.17, 15) is 0 Å². The highest BCUT2D eigenvalue weighted by Crippen LogP contribution is 2.52. The first-order valence-electron chi connectivity index (χ1n) is 13.0. The van der Waals surface area contributed by atoms with Crippen molar-refractivity contribution in [3.8, 4) is 33.8 Å². The maximum Gasteiger partial charge on any atom is 0.151 e. The van der Waals surface area contributed by atoms with Gasteiger partial charge in [-0.2, -0.15) is 0 Å². The van der Waals surface area contributed by atoms with Crippen LogP contribution in [-0.2, 0) is 0 Å². The van der Waals surface area contributed by atoms with Crippen molar-refractivity contribution in [3.63, 3.8) is 0 Å². The number of nitrogens with zero attached hydrogens (tertiary/aromatic N) is 1. The average molecular weight is 484 g/mol. The zero-order chi connectivity index (χ0) is 25.9. The van der Waals surface area contributed by atoms with Crippen LogP contribution >= 0.6 is 0 Å². The van der Waals surface area contributed by atoms with Crippen LogP contribution in [0.15, 0.2) is 109 Å². The molecule has 184 valence electrons. The molecule has 5 aromatic rings. The van der Waals surface area contributed by atoms with Gasteiger partial charge in [-0.3, -0.25) is 0 Å². The second kappa shape index (κ2) is 10.4. The number of aryl methyl sites for hydroxylation is 3. The van der Waals surface area contributed by atoms with Crippen LogP contribution in [0, 0.1) is 20.8 Å². The van der Waals surface area contributed by atoms with Crippen molar-refractivity contribution < 1.29 is 4.74 Å². The van der Waals surface area contributed by atoms with E-state index < -0.39 is 0 Å². The van der Waals surface area contributed by atoms with Gasteiger partial charge < -0.3 is 9.64 Å². The lowest BCUT2D eigenvalue weighted by molar-refractivity contribution is 0.476. The van der Waals surface area contributed by atoms with Gasteiger partial charge in [0.15, 0.2) is 11.5 Å². The minimum atomic E-state index is 0.864. The van der Waals surface area contributed by atoms with Crippen LogP contribution in [0.1, 0.15) is 30.5 Å². The molecular weight excluding hydrogens is 450 g/mol. The third-order valence-corrected chi connectivity index (χ3v) is 6.70. The molecule has 1 heterocycles. The highest BCUT2D eigenvalue weighted by molar-refractivity contribution is 5.91. The lowest BCUT2D eigenvalue weighted by Gasteiger charge is -2.34. The number of hydrogen-bond acceptors (Lipinski definition) is 2. The summed E-state index contributed by atoms with van der Waals surface area (Å²) in [6.07, 6.45) is 0. The van der Waals surface area contributed by atoms with Gasteiger partial charge in [-0.15, -0.1) is 0 Å². The summed E-state index contributed by atoms with van der Waals surface area (Å²) in [6.45, 7) is 10.4. The van der Waals surface area contributed by atoms with E-state index in [-0.39, 0.29) is 0 Å². The Morgan fingerprint density at radius 2 is 1.05 bits per heavy atom. The molecule has 0 atom stereocenters. The second-order valence-corrected chi connectivity index (χ2v) is 9.33. The Kier molecular flexibility index (Phi) is 6.83. The molecule has 0 fully saturated rings. The van der Waals surface area contributed by atoms with E-state index in [1.807, 2.05) is 26.0 Å². The molecular formula is C35H33NO. The number of hydrogen-bond donors (Lipinski definition) is 0. The van der Waals surface area contributed by atoms with Crippen LogP contribution in [0.2, 0.25) is 0 Å². The molecule has 0 aliphatic carbocycles. The fourth-order valence-corrected chi connectivity index (χ4v) is 4.80. The molecule has 0 radical (unpaired) electrons. The summed E-state index contributed by atoms with van der Waals surface area (Å²) < 4.78 is 6.32. The number of rotatable bonds is 3. The third kappa shape index (κ3) is 4.75. The lowest BCUT2D eigenvalue weighted by atomic mass is 9.96. The average Bonchev–Trinajstić information content (AvgIpc) is 2.94. The minimum absolute atomic E-state index is 0.864. The highest BCUT2D eigenvalue weighted by Gasteiger charge is 2.27. The van der Waals surface area contributed by atoms with Crippen LogP contribution in [0.25, 0.3) is 22.3 Å². The van der Waals surface area contributed by atoms with Gasteiger partial charge in [0.1, 0.15) is 0 Å². The smallest absolute Gasteiger partial charge is 0.151 e. The van der Waals surface area contributed by atoms with Crippen LogP contribution < -0.4 is 9.64 Å². The molecule has 0 saturated heterocycles. The SMILES string of the molecule is CC.Cc1ccc(-c2cc(-c3ccc(C)cc3)cc(N3c4ccccc4Oc4cccc(C)c43)c2)cc1. The Hall–Kier alpha value is -4.30. The molecule has 0 N–H and O–H groups in total. The minimum Gasteiger partial charge on any atom is -0.453 e. The summed E-state index contributed by atoms with van der Waals surface area (Å²) in [5.74, 6) is 1.74. The van der Waals surface area contributed by atoms with Crippen LogP contribution in [0.5, 0.6) is 11.5 Å². The summed E-state index contributed by atoms with van der Waals surface area (Å²) in [5.41, 5.74) is 11.7. The van der Waals surface area contributed by atoms with Crippen molar-refractivity contribution in [2.75, 3.05) is 4.90 Å². The molecule has 37 heavy (non-hydrogen) atoms. The van der Waals surface area contributed by atoms with Crippen LogP contribution in [0.3, 0.4) is 0 Å². The fraction of sp³-hybridized carbons (Fsp3) is 0.143. The maximum absolute atomic E-state index is 6.32. The van der Waals surface area contributed by atoms with Gasteiger partial charge in [0.05, 0.1) is 11.4 Å². The predicted octanol–water partition coefficient (Wildman–Crippen LogP) is 10.5. The summed E-state index contributed by atoms with van der Waals surface area (Å²) in [6, 6.07) is 39.0. The quantitative estimate of drug-likeness (QED) is 0.248. The molecule has 0 saturated carbocycles. The van der Waals surface area contributed by atoms with Gasteiger partial charge in [0, 0.05) is 5.69 Å². The third-order valence-electron chi connectivity index (χ3n) is 6.70. The van der Waals surface area contributed by atoms with Gasteiger partial charge in [0.25, 0.3) is 0 Å². The molecule has 1 aliphatic rings. The fourth-order valence-electron chi connectivity index (χ4n) is 4.80. The summed E-state index contributed by atoms with van der Waals surface area (Å²) in [4.78, 5) is 2.35. The van der Waals surface area contributed by atoms with Gasteiger partial charge >= 0.3 is 0 Å². The Balaban J connectivity index is 0.00000137. The molecule has 2 heteroatoms. The van der Waals surface area contributed by atoms with E-state index in [0.29, 0.717) is 0 Å². The van der Waals surface area contributed by atoms with Crippen molar-refractivity contribution >= 4 is 17.1 Å². The molecule has 6 rings (SSSR count). The lowest BCUT2D eigenvalue weighted by Crippen LogP contribution is -2.17. The van der Waals surface area contributed by atoms with Crippen molar-refractivity contribution in [2.24, 2.45) is 0 Å². The molecule has 0 unspecified atom stereocenters. The number of ether oxygens (including phenoxy) is 1. The van der Waals surface area contributed by atoms with Crippen LogP contribution in [-0.4, -0.2) is 0 Å². The topological polar surface area (TPSA) is 12.5 Å². The van der Waals surface area contributed by atoms with Gasteiger partial charge in [0.2, 0.25) is 0 Å². The summed E-state index contributed by atoms with van der Waals surface area (Å²) >= 11 is 0. The van der Waals surface area contributed by atoms with E-state index in [2.05, 4.69) is 123 Å². The van der Waals surface area contributed by atoms with Crippen molar-refractivity contribution in [3.05, 3.63) is 126 Å². The Bertz CT molecular complexity index is 1470. The van der Waals surface area contributed by atoms with E-state index in [1.165, 1.54) is 38.9 Å². The zero-order valence-electron chi connectivity index (χ0n) is 22.2. The Labute approximate surface area is 220 Å². The highest BCUT2D eigenvalue weighted by atomic mass is 16.5. The first-order valence-corrected chi connectivity index (χ1v) is 13.0. The van der Waals surface area contributed by atoms with E-state index in [4.69, 9.17) is 4.74 Å². The van der Waals surface area contributed by atoms with Crippen molar-refractivity contribution in [1.29, 1.82) is 0 Å². The molecule has 0 amide bonds. The normalized spacial score (nSPS) is 11.5. The number of benzene rings is 5. The van der Waals surface area contributed by atoms with E-state index in [0.717, 1.165) is 28.6 Å². The first kappa shape index (κ1) is 24.4. The number of anilines is 3. The van der Waals surface area contributed by atoms with E-state index >= 15 is 0 Å². The summed E-state index contributed by atoms with van der Waals surface area (Å²) in [5, 5.41) is 0. The molecule has 5 aromatic carbocycles. The zero-order valence-corrected chi connectivity index (χ0v) is 22.2. The van der Waals surface area contributed by atoms with Crippen LogP contribution in [0.4, 0.5) is 17.1 Å². The van der Waals surface area contributed by atoms with Crippen molar-refractivity contribution in [2.45, 2.75) is 34.6 Å². The monoisotopic (exact) mass is 483 g/mol. The van der Waals surface area contributed by atoms with Gasteiger partial charge in [-0.1, -0.05) is 97.8 Å².